The average Bonchev–Trinajstić information content (AvgIpc) is 2.30. The van der Waals surface area contributed by atoms with Crippen molar-refractivity contribution in [2.45, 2.75) is 25.3 Å². The number of hydrogen-bond donors (Lipinski definition) is 1. The van der Waals surface area contributed by atoms with E-state index < -0.39 is 6.09 Å². The van der Waals surface area contributed by atoms with E-state index in [9.17, 15) is 9.59 Å². The number of ketones is 1. The Morgan fingerprint density at radius 2 is 2.06 bits per heavy atom. The minimum Gasteiger partial charge on any atom is -0.465 e. The summed E-state index contributed by atoms with van der Waals surface area (Å²) >= 11 is 0. The molecule has 1 saturated heterocycles. The van der Waals surface area contributed by atoms with Gasteiger partial charge in [-0.15, -0.1) is 0 Å². The van der Waals surface area contributed by atoms with Crippen LogP contribution in [-0.2, 0) is 11.2 Å². The van der Waals surface area contributed by atoms with E-state index in [1.165, 1.54) is 4.90 Å². The van der Waals surface area contributed by atoms with E-state index in [2.05, 4.69) is 0 Å². The van der Waals surface area contributed by atoms with Crippen molar-refractivity contribution in [2.24, 2.45) is 0 Å². The van der Waals surface area contributed by atoms with Gasteiger partial charge in [-0.2, -0.15) is 0 Å². The normalized spacial score (nSPS) is 20.4. The zero-order valence-corrected chi connectivity index (χ0v) is 9.50. The first kappa shape index (κ1) is 11.6. The van der Waals surface area contributed by atoms with Gasteiger partial charge in [0.05, 0.1) is 0 Å². The van der Waals surface area contributed by atoms with Crippen LogP contribution in [0.25, 0.3) is 0 Å². The average molecular weight is 233 g/mol. The second kappa shape index (κ2) is 4.99. The Bertz CT molecular complexity index is 416. The fourth-order valence-electron chi connectivity index (χ4n) is 2.22. The van der Waals surface area contributed by atoms with Crippen molar-refractivity contribution in [1.29, 1.82) is 0 Å². The topological polar surface area (TPSA) is 57.6 Å². The maximum absolute atomic E-state index is 11.4. The molecule has 90 valence electrons. The summed E-state index contributed by atoms with van der Waals surface area (Å²) in [5.74, 6) is 0.156. The Morgan fingerprint density at radius 3 is 2.71 bits per heavy atom. The summed E-state index contributed by atoms with van der Waals surface area (Å²) in [6.45, 7) is 0.325. The minimum absolute atomic E-state index is 0.156. The molecule has 1 aliphatic rings. The molecule has 0 aliphatic carbocycles. The van der Waals surface area contributed by atoms with E-state index in [0.29, 0.717) is 25.8 Å². The standard InChI is InChI=1S/C13H15NO3/c15-12-6-7-14(13(16)17)11(9-12)8-10-4-2-1-3-5-10/h1-5,11H,6-9H2,(H,16,17)/t11-/m0/s1. The lowest BCUT2D eigenvalue weighted by atomic mass is 9.95. The lowest BCUT2D eigenvalue weighted by Gasteiger charge is -2.32. The molecular weight excluding hydrogens is 218 g/mol. The monoisotopic (exact) mass is 233 g/mol. The number of carboxylic acid groups (broad SMARTS) is 1. The van der Waals surface area contributed by atoms with Crippen molar-refractivity contribution in [1.82, 2.24) is 4.90 Å². The smallest absolute Gasteiger partial charge is 0.407 e. The summed E-state index contributed by atoms with van der Waals surface area (Å²) < 4.78 is 0. The van der Waals surface area contributed by atoms with E-state index in [4.69, 9.17) is 5.11 Å². The number of nitrogens with zero attached hydrogens (tertiary/aromatic N) is 1. The van der Waals surface area contributed by atoms with Crippen molar-refractivity contribution in [3.8, 4) is 0 Å². The van der Waals surface area contributed by atoms with Gasteiger partial charge >= 0.3 is 6.09 Å². The van der Waals surface area contributed by atoms with Gasteiger partial charge in [-0.3, -0.25) is 4.79 Å². The molecule has 1 amide bonds. The van der Waals surface area contributed by atoms with E-state index in [-0.39, 0.29) is 11.8 Å². The number of carbonyl (C=O) groups excluding carboxylic acids is 1. The number of amides is 1. The molecule has 0 radical (unpaired) electrons. The number of Topliss-reactive ketones (excluding diaryl/α,β-unsaturated/α-hetero) is 1. The second-order valence-electron chi connectivity index (χ2n) is 4.31. The van der Waals surface area contributed by atoms with Gasteiger partial charge in [0.2, 0.25) is 0 Å². The number of likely N-dealkylation sites (tertiary alicyclic amines) is 1. The molecule has 1 fully saturated rings. The summed E-state index contributed by atoms with van der Waals surface area (Å²) in [5, 5.41) is 9.09. The Morgan fingerprint density at radius 1 is 1.35 bits per heavy atom. The van der Waals surface area contributed by atoms with Gasteiger partial charge in [-0.1, -0.05) is 30.3 Å². The number of hydrogen-bond acceptors (Lipinski definition) is 2. The molecule has 1 N–H and O–H groups in total. The van der Waals surface area contributed by atoms with Crippen LogP contribution in [0.5, 0.6) is 0 Å². The molecule has 4 nitrogen and oxygen atoms in total. The first-order chi connectivity index (χ1) is 8.16. The number of rotatable bonds is 2. The molecule has 1 aromatic rings. The molecule has 1 aromatic carbocycles. The largest absolute Gasteiger partial charge is 0.465 e. The molecule has 2 rings (SSSR count). The first-order valence-corrected chi connectivity index (χ1v) is 5.72. The molecule has 0 spiro atoms. The molecule has 0 aromatic heterocycles. The summed E-state index contributed by atoms with van der Waals surface area (Å²) in [7, 11) is 0. The fraction of sp³-hybridized carbons (Fsp3) is 0.385. The Balaban J connectivity index is 2.10. The van der Waals surface area contributed by atoms with Crippen LogP contribution in [0.4, 0.5) is 4.79 Å². The van der Waals surface area contributed by atoms with Crippen molar-refractivity contribution in [3.63, 3.8) is 0 Å². The predicted octanol–water partition coefficient (Wildman–Crippen LogP) is 1.94. The first-order valence-electron chi connectivity index (χ1n) is 5.72. The van der Waals surface area contributed by atoms with Crippen LogP contribution in [0, 0.1) is 0 Å². The lowest BCUT2D eigenvalue weighted by molar-refractivity contribution is -0.122. The third-order valence-electron chi connectivity index (χ3n) is 3.10. The van der Waals surface area contributed by atoms with Crippen molar-refractivity contribution in [3.05, 3.63) is 35.9 Å². The van der Waals surface area contributed by atoms with E-state index in [1.54, 1.807) is 0 Å². The molecule has 17 heavy (non-hydrogen) atoms. The molecule has 1 atom stereocenters. The molecular formula is C13H15NO3. The number of carbonyl (C=O) groups is 2. The lowest BCUT2D eigenvalue weighted by Crippen LogP contribution is -2.46. The van der Waals surface area contributed by atoms with Crippen LogP contribution >= 0.6 is 0 Å². The van der Waals surface area contributed by atoms with E-state index in [0.717, 1.165) is 5.56 Å². The van der Waals surface area contributed by atoms with Gasteiger partial charge in [0.25, 0.3) is 0 Å². The third kappa shape index (κ3) is 2.84. The Labute approximate surface area is 99.9 Å². The van der Waals surface area contributed by atoms with Gasteiger partial charge in [0.1, 0.15) is 5.78 Å². The maximum atomic E-state index is 11.4. The SMILES string of the molecule is O=C1CCN(C(=O)O)[C@@H](Cc2ccccc2)C1. The summed E-state index contributed by atoms with van der Waals surface area (Å²) in [6.07, 6.45) is 0.357. The quantitative estimate of drug-likeness (QED) is 0.849. The zero-order chi connectivity index (χ0) is 12.3. The van der Waals surface area contributed by atoms with Gasteiger partial charge in [0, 0.05) is 25.4 Å². The van der Waals surface area contributed by atoms with Gasteiger partial charge in [-0.25, -0.2) is 4.79 Å². The van der Waals surface area contributed by atoms with Gasteiger partial charge in [-0.05, 0) is 12.0 Å². The zero-order valence-electron chi connectivity index (χ0n) is 9.50. The molecule has 0 saturated carbocycles. The van der Waals surface area contributed by atoms with Crippen LogP contribution in [-0.4, -0.2) is 34.5 Å². The van der Waals surface area contributed by atoms with Crippen molar-refractivity contribution >= 4 is 11.9 Å². The highest BCUT2D eigenvalue weighted by atomic mass is 16.4. The van der Waals surface area contributed by atoms with Crippen LogP contribution in [0.15, 0.2) is 30.3 Å². The molecule has 1 aliphatic heterocycles. The summed E-state index contributed by atoms with van der Waals surface area (Å²) in [6, 6.07) is 9.47. The summed E-state index contributed by atoms with van der Waals surface area (Å²) in [5.41, 5.74) is 1.07. The van der Waals surface area contributed by atoms with Crippen LogP contribution in [0.2, 0.25) is 0 Å². The third-order valence-corrected chi connectivity index (χ3v) is 3.10. The fourth-order valence-corrected chi connectivity index (χ4v) is 2.22. The minimum atomic E-state index is -0.932. The van der Waals surface area contributed by atoms with E-state index >= 15 is 0 Å². The highest BCUT2D eigenvalue weighted by molar-refractivity contribution is 5.82. The Kier molecular flexibility index (Phi) is 3.42. The van der Waals surface area contributed by atoms with Gasteiger partial charge < -0.3 is 10.0 Å². The maximum Gasteiger partial charge on any atom is 0.407 e. The van der Waals surface area contributed by atoms with Crippen LogP contribution in [0.1, 0.15) is 18.4 Å². The predicted molar refractivity (Wildman–Crippen MR) is 62.9 cm³/mol. The second-order valence-corrected chi connectivity index (χ2v) is 4.31. The molecule has 1 heterocycles. The van der Waals surface area contributed by atoms with Crippen LogP contribution in [0.3, 0.4) is 0 Å². The number of benzene rings is 1. The Hall–Kier alpha value is -1.84. The molecule has 0 bridgehead atoms. The van der Waals surface area contributed by atoms with Crippen molar-refractivity contribution in [2.75, 3.05) is 6.54 Å². The number of piperidine rings is 1. The molecule has 4 heteroatoms. The summed E-state index contributed by atoms with van der Waals surface area (Å²) in [4.78, 5) is 23.9. The highest BCUT2D eigenvalue weighted by Crippen LogP contribution is 2.18. The van der Waals surface area contributed by atoms with Gasteiger partial charge in [0.15, 0.2) is 0 Å². The molecule has 0 unspecified atom stereocenters. The van der Waals surface area contributed by atoms with E-state index in [1.807, 2.05) is 30.3 Å². The highest BCUT2D eigenvalue weighted by Gasteiger charge is 2.30. The van der Waals surface area contributed by atoms with Crippen molar-refractivity contribution < 1.29 is 14.7 Å². The van der Waals surface area contributed by atoms with Crippen LogP contribution < -0.4 is 0 Å².